The van der Waals surface area contributed by atoms with Gasteiger partial charge in [-0.25, -0.2) is 4.79 Å². The van der Waals surface area contributed by atoms with Crippen molar-refractivity contribution in [2.24, 2.45) is 5.92 Å². The van der Waals surface area contributed by atoms with E-state index < -0.39 is 5.60 Å². The molecule has 0 aromatic heterocycles. The van der Waals surface area contributed by atoms with Crippen molar-refractivity contribution in [2.75, 3.05) is 0 Å². The molecule has 82 valence electrons. The molecular formula is C11H21NO2. The maximum absolute atomic E-state index is 11.5. The number of ether oxygens (including phenoxy) is 1. The lowest BCUT2D eigenvalue weighted by Crippen LogP contribution is -2.57. The zero-order valence-electron chi connectivity index (χ0n) is 9.81. The van der Waals surface area contributed by atoms with Crippen LogP contribution in [0.5, 0.6) is 0 Å². The zero-order valence-corrected chi connectivity index (χ0v) is 9.81. The molecule has 1 saturated carbocycles. The molecule has 1 fully saturated rings. The van der Waals surface area contributed by atoms with E-state index >= 15 is 0 Å². The van der Waals surface area contributed by atoms with Gasteiger partial charge in [0.2, 0.25) is 0 Å². The van der Waals surface area contributed by atoms with Crippen molar-refractivity contribution in [3.8, 4) is 0 Å². The van der Waals surface area contributed by atoms with Gasteiger partial charge in [0.15, 0.2) is 0 Å². The van der Waals surface area contributed by atoms with Crippen molar-refractivity contribution in [3.05, 3.63) is 0 Å². The minimum atomic E-state index is -0.409. The second-order valence-electron chi connectivity index (χ2n) is 5.48. The highest BCUT2D eigenvalue weighted by Gasteiger charge is 2.41. The van der Waals surface area contributed by atoms with Gasteiger partial charge in [0.1, 0.15) is 5.60 Å². The van der Waals surface area contributed by atoms with E-state index in [-0.39, 0.29) is 11.6 Å². The van der Waals surface area contributed by atoms with Crippen molar-refractivity contribution in [1.29, 1.82) is 0 Å². The van der Waals surface area contributed by atoms with Gasteiger partial charge in [0, 0.05) is 5.54 Å². The maximum Gasteiger partial charge on any atom is 0.408 e. The normalized spacial score (nSPS) is 31.9. The van der Waals surface area contributed by atoms with E-state index in [2.05, 4.69) is 19.2 Å². The Morgan fingerprint density at radius 2 is 2.07 bits per heavy atom. The monoisotopic (exact) mass is 199 g/mol. The average Bonchev–Trinajstić information content (AvgIpc) is 1.98. The summed E-state index contributed by atoms with van der Waals surface area (Å²) in [5.41, 5.74) is -0.463. The Labute approximate surface area is 86.2 Å². The van der Waals surface area contributed by atoms with Crippen molar-refractivity contribution in [3.63, 3.8) is 0 Å². The number of carbonyl (C=O) groups excluding carboxylic acids is 1. The zero-order chi connectivity index (χ0) is 11.0. The Morgan fingerprint density at radius 3 is 2.36 bits per heavy atom. The Bertz CT molecular complexity index is 232. The van der Waals surface area contributed by atoms with Crippen molar-refractivity contribution in [2.45, 2.75) is 58.6 Å². The van der Waals surface area contributed by atoms with Gasteiger partial charge in [0.25, 0.3) is 0 Å². The Hall–Kier alpha value is -0.730. The van der Waals surface area contributed by atoms with Crippen LogP contribution in [0, 0.1) is 5.92 Å². The first-order valence-corrected chi connectivity index (χ1v) is 5.24. The summed E-state index contributed by atoms with van der Waals surface area (Å²) in [6, 6.07) is 0. The largest absolute Gasteiger partial charge is 0.444 e. The molecule has 2 unspecified atom stereocenters. The van der Waals surface area contributed by atoms with E-state index in [0.717, 1.165) is 6.42 Å². The minimum Gasteiger partial charge on any atom is -0.444 e. The molecule has 0 aliphatic heterocycles. The second kappa shape index (κ2) is 3.44. The number of rotatable bonds is 1. The molecule has 1 amide bonds. The van der Waals surface area contributed by atoms with Crippen LogP contribution in [0.25, 0.3) is 0 Å². The SMILES string of the molecule is CC1CCC1(C)NC(=O)OC(C)(C)C. The molecular weight excluding hydrogens is 178 g/mol. The predicted molar refractivity (Wildman–Crippen MR) is 56.2 cm³/mol. The average molecular weight is 199 g/mol. The fourth-order valence-corrected chi connectivity index (χ4v) is 1.59. The first kappa shape index (κ1) is 11.3. The molecule has 1 aliphatic carbocycles. The number of hydrogen-bond acceptors (Lipinski definition) is 2. The molecule has 14 heavy (non-hydrogen) atoms. The highest BCUT2D eigenvalue weighted by Crippen LogP contribution is 2.37. The third kappa shape index (κ3) is 2.63. The lowest BCUT2D eigenvalue weighted by Gasteiger charge is -2.45. The van der Waals surface area contributed by atoms with Crippen molar-refractivity contribution in [1.82, 2.24) is 5.32 Å². The summed E-state index contributed by atoms with van der Waals surface area (Å²) in [6.07, 6.45) is 1.94. The highest BCUT2D eigenvalue weighted by molar-refractivity contribution is 5.69. The van der Waals surface area contributed by atoms with Crippen LogP contribution in [0.2, 0.25) is 0 Å². The fraction of sp³-hybridized carbons (Fsp3) is 0.909. The Balaban J connectivity index is 2.41. The van der Waals surface area contributed by atoms with Gasteiger partial charge in [-0.2, -0.15) is 0 Å². The van der Waals surface area contributed by atoms with E-state index in [4.69, 9.17) is 4.74 Å². The number of hydrogen-bond donors (Lipinski definition) is 1. The molecule has 0 radical (unpaired) electrons. The molecule has 0 heterocycles. The van der Waals surface area contributed by atoms with E-state index in [1.807, 2.05) is 20.8 Å². The Morgan fingerprint density at radius 1 is 1.50 bits per heavy atom. The molecule has 0 aromatic rings. The van der Waals surface area contributed by atoms with Crippen LogP contribution in [-0.4, -0.2) is 17.2 Å². The number of amides is 1. The minimum absolute atomic E-state index is 0.0532. The molecule has 0 aromatic carbocycles. The van der Waals surface area contributed by atoms with Crippen LogP contribution in [0.4, 0.5) is 4.79 Å². The van der Waals surface area contributed by atoms with E-state index in [0.29, 0.717) is 5.92 Å². The summed E-state index contributed by atoms with van der Waals surface area (Å²) in [4.78, 5) is 11.5. The standard InChI is InChI=1S/C11H21NO2/c1-8-6-7-11(8,5)12-9(13)14-10(2,3)4/h8H,6-7H2,1-5H3,(H,12,13). The predicted octanol–water partition coefficient (Wildman–Crippen LogP) is 2.70. The third-order valence-electron chi connectivity index (χ3n) is 2.97. The van der Waals surface area contributed by atoms with Crippen LogP contribution in [-0.2, 0) is 4.74 Å². The first-order chi connectivity index (χ1) is 6.23. The van der Waals surface area contributed by atoms with Crippen LogP contribution in [0.3, 0.4) is 0 Å². The molecule has 0 saturated heterocycles. The molecule has 3 nitrogen and oxygen atoms in total. The summed E-state index contributed by atoms with van der Waals surface area (Å²) >= 11 is 0. The first-order valence-electron chi connectivity index (χ1n) is 5.24. The molecule has 1 aliphatic rings. The van der Waals surface area contributed by atoms with Gasteiger partial charge in [-0.3, -0.25) is 0 Å². The number of nitrogens with one attached hydrogen (secondary N) is 1. The number of carbonyl (C=O) groups is 1. The quantitative estimate of drug-likeness (QED) is 0.705. The summed E-state index contributed by atoms with van der Waals surface area (Å²) in [6.45, 7) is 9.85. The van der Waals surface area contributed by atoms with Crippen LogP contribution >= 0.6 is 0 Å². The van der Waals surface area contributed by atoms with E-state index in [1.54, 1.807) is 0 Å². The number of alkyl carbamates (subject to hydrolysis) is 1. The maximum atomic E-state index is 11.5. The van der Waals surface area contributed by atoms with Gasteiger partial charge in [-0.05, 0) is 46.5 Å². The summed E-state index contributed by atoms with van der Waals surface area (Å²) in [5.74, 6) is 0.551. The smallest absolute Gasteiger partial charge is 0.408 e. The van der Waals surface area contributed by atoms with Crippen LogP contribution in [0.15, 0.2) is 0 Å². The lowest BCUT2D eigenvalue weighted by molar-refractivity contribution is 0.0303. The summed E-state index contributed by atoms with van der Waals surface area (Å²) in [5, 5.41) is 2.94. The lowest BCUT2D eigenvalue weighted by atomic mass is 9.69. The molecule has 0 bridgehead atoms. The fourth-order valence-electron chi connectivity index (χ4n) is 1.59. The molecule has 1 rings (SSSR count). The van der Waals surface area contributed by atoms with Gasteiger partial charge in [0.05, 0.1) is 0 Å². The highest BCUT2D eigenvalue weighted by atomic mass is 16.6. The summed E-state index contributed by atoms with van der Waals surface area (Å²) in [7, 11) is 0. The topological polar surface area (TPSA) is 38.3 Å². The second-order valence-corrected chi connectivity index (χ2v) is 5.48. The molecule has 2 atom stereocenters. The van der Waals surface area contributed by atoms with Crippen molar-refractivity contribution < 1.29 is 9.53 Å². The van der Waals surface area contributed by atoms with Crippen LogP contribution in [0.1, 0.15) is 47.5 Å². The third-order valence-corrected chi connectivity index (χ3v) is 2.97. The summed E-state index contributed by atoms with van der Waals surface area (Å²) < 4.78 is 5.21. The molecule has 1 N–H and O–H groups in total. The van der Waals surface area contributed by atoms with E-state index in [9.17, 15) is 4.79 Å². The van der Waals surface area contributed by atoms with Gasteiger partial charge >= 0.3 is 6.09 Å². The van der Waals surface area contributed by atoms with Gasteiger partial charge in [-0.1, -0.05) is 6.92 Å². The Kier molecular flexibility index (Phi) is 2.79. The molecule has 0 spiro atoms. The van der Waals surface area contributed by atoms with E-state index in [1.165, 1.54) is 6.42 Å². The van der Waals surface area contributed by atoms with Gasteiger partial charge < -0.3 is 10.1 Å². The van der Waals surface area contributed by atoms with Crippen molar-refractivity contribution >= 4 is 6.09 Å². The van der Waals surface area contributed by atoms with Gasteiger partial charge in [-0.15, -0.1) is 0 Å². The molecule has 3 heteroatoms. The van der Waals surface area contributed by atoms with Crippen LogP contribution < -0.4 is 5.32 Å².